The van der Waals surface area contributed by atoms with Crippen LogP contribution in [0.3, 0.4) is 0 Å². The predicted octanol–water partition coefficient (Wildman–Crippen LogP) is 1.29. The molecule has 1 aromatic heterocycles. The van der Waals surface area contributed by atoms with E-state index in [1.807, 2.05) is 0 Å². The molecule has 0 amide bonds. The zero-order valence-corrected chi connectivity index (χ0v) is 9.25. The Kier molecular flexibility index (Phi) is 4.28. The van der Waals surface area contributed by atoms with Gasteiger partial charge in [0.2, 0.25) is 0 Å². The molecule has 0 saturated carbocycles. The number of nitrogens with zero attached hydrogens (tertiary/aromatic N) is 3. The number of rotatable bonds is 5. The fraction of sp³-hybridized carbons (Fsp3) is 0.778. The van der Waals surface area contributed by atoms with Gasteiger partial charge in [-0.1, -0.05) is 12.1 Å². The van der Waals surface area contributed by atoms with Crippen molar-refractivity contribution in [3.8, 4) is 0 Å². The highest BCUT2D eigenvalue weighted by molar-refractivity contribution is 4.96. The van der Waals surface area contributed by atoms with E-state index < -0.39 is 18.6 Å². The molecule has 0 aliphatic rings. The molecular formula is C9H15F3N4. The monoisotopic (exact) mass is 236 g/mol. The Bertz CT molecular complexity index is 321. The molecule has 0 aromatic carbocycles. The third-order valence-corrected chi connectivity index (χ3v) is 2.08. The maximum atomic E-state index is 12.3. The van der Waals surface area contributed by atoms with Gasteiger partial charge in [0.1, 0.15) is 0 Å². The number of hydrogen-bond acceptors (Lipinski definition) is 3. The Morgan fingerprint density at radius 1 is 1.50 bits per heavy atom. The van der Waals surface area contributed by atoms with E-state index in [2.05, 4.69) is 15.6 Å². The van der Waals surface area contributed by atoms with Crippen molar-refractivity contribution in [3.63, 3.8) is 0 Å². The minimum absolute atomic E-state index is 0.237. The van der Waals surface area contributed by atoms with Gasteiger partial charge in [-0.05, 0) is 6.54 Å². The van der Waals surface area contributed by atoms with Gasteiger partial charge in [-0.3, -0.25) is 4.68 Å². The molecule has 0 bridgehead atoms. The van der Waals surface area contributed by atoms with Crippen LogP contribution in [0.1, 0.15) is 19.0 Å². The maximum absolute atomic E-state index is 12.3. The van der Waals surface area contributed by atoms with Crippen molar-refractivity contribution in [3.05, 3.63) is 11.9 Å². The molecule has 1 rings (SSSR count). The summed E-state index contributed by atoms with van der Waals surface area (Å²) in [5.74, 6) is 0. The molecular weight excluding hydrogens is 221 g/mol. The van der Waals surface area contributed by atoms with Crippen molar-refractivity contribution in [1.82, 2.24) is 20.3 Å². The van der Waals surface area contributed by atoms with E-state index in [-0.39, 0.29) is 6.42 Å². The van der Waals surface area contributed by atoms with E-state index in [0.29, 0.717) is 12.2 Å². The smallest absolute Gasteiger partial charge is 0.314 e. The summed E-state index contributed by atoms with van der Waals surface area (Å²) in [5, 5.41) is 10.3. The fourth-order valence-corrected chi connectivity index (χ4v) is 1.53. The standard InChI is InChI=1S/C9H15F3N4/c1-3-13-7(5-9(10,11)12)4-8-6-16(2)15-14-8/h6-7,13H,3-5H2,1-2H3. The molecule has 16 heavy (non-hydrogen) atoms. The topological polar surface area (TPSA) is 42.7 Å². The second-order valence-electron chi connectivity index (χ2n) is 3.66. The molecule has 1 heterocycles. The molecule has 1 N–H and O–H groups in total. The summed E-state index contributed by atoms with van der Waals surface area (Å²) in [5.41, 5.74) is 0.567. The second kappa shape index (κ2) is 5.29. The fourth-order valence-electron chi connectivity index (χ4n) is 1.53. The lowest BCUT2D eigenvalue weighted by atomic mass is 10.1. The van der Waals surface area contributed by atoms with Crippen molar-refractivity contribution >= 4 is 0 Å². The van der Waals surface area contributed by atoms with Crippen LogP contribution in [-0.2, 0) is 13.5 Å². The SMILES string of the molecule is CCNC(Cc1cn(C)nn1)CC(F)(F)F. The molecule has 7 heteroatoms. The summed E-state index contributed by atoms with van der Waals surface area (Å²) < 4.78 is 38.2. The molecule has 92 valence electrons. The number of likely N-dealkylation sites (N-methyl/N-ethyl adjacent to an activating group) is 1. The first-order valence-electron chi connectivity index (χ1n) is 5.06. The second-order valence-corrected chi connectivity index (χ2v) is 3.66. The zero-order valence-electron chi connectivity index (χ0n) is 9.25. The summed E-state index contributed by atoms with van der Waals surface area (Å²) >= 11 is 0. The molecule has 0 spiro atoms. The molecule has 1 unspecified atom stereocenters. The van der Waals surface area contributed by atoms with Crippen LogP contribution in [0, 0.1) is 0 Å². The van der Waals surface area contributed by atoms with E-state index in [9.17, 15) is 13.2 Å². The molecule has 1 aromatic rings. The Balaban J connectivity index is 2.57. The summed E-state index contributed by atoms with van der Waals surface area (Å²) in [7, 11) is 1.68. The molecule has 4 nitrogen and oxygen atoms in total. The van der Waals surface area contributed by atoms with Gasteiger partial charge in [0.05, 0.1) is 12.1 Å². The van der Waals surface area contributed by atoms with Crippen molar-refractivity contribution in [2.45, 2.75) is 32.0 Å². The first kappa shape index (κ1) is 13.0. The van der Waals surface area contributed by atoms with E-state index in [1.54, 1.807) is 20.2 Å². The quantitative estimate of drug-likeness (QED) is 0.837. The van der Waals surface area contributed by atoms with Gasteiger partial charge in [-0.25, -0.2) is 0 Å². The van der Waals surface area contributed by atoms with E-state index in [4.69, 9.17) is 0 Å². The number of aromatic nitrogens is 3. The number of hydrogen-bond donors (Lipinski definition) is 1. The lowest BCUT2D eigenvalue weighted by molar-refractivity contribution is -0.139. The summed E-state index contributed by atoms with van der Waals surface area (Å²) in [4.78, 5) is 0. The van der Waals surface area contributed by atoms with Gasteiger partial charge in [0, 0.05) is 25.7 Å². The first-order valence-corrected chi connectivity index (χ1v) is 5.06. The van der Waals surface area contributed by atoms with Gasteiger partial charge in [-0.15, -0.1) is 5.10 Å². The van der Waals surface area contributed by atoms with Crippen LogP contribution in [0.25, 0.3) is 0 Å². The minimum atomic E-state index is -4.16. The van der Waals surface area contributed by atoms with E-state index in [0.717, 1.165) is 0 Å². The van der Waals surface area contributed by atoms with E-state index >= 15 is 0 Å². The van der Waals surface area contributed by atoms with Gasteiger partial charge in [-0.2, -0.15) is 13.2 Å². The Morgan fingerprint density at radius 2 is 2.19 bits per heavy atom. The average Bonchev–Trinajstić information content (AvgIpc) is 2.48. The van der Waals surface area contributed by atoms with E-state index in [1.165, 1.54) is 4.68 Å². The summed E-state index contributed by atoms with van der Waals surface area (Å²) in [6.07, 6.45) is -3.14. The van der Waals surface area contributed by atoms with Crippen molar-refractivity contribution in [2.75, 3.05) is 6.54 Å². The lowest BCUT2D eigenvalue weighted by Crippen LogP contribution is -2.35. The molecule has 1 atom stereocenters. The Labute approximate surface area is 91.8 Å². The summed E-state index contributed by atoms with van der Waals surface area (Å²) in [6.45, 7) is 2.28. The molecule has 0 fully saturated rings. The highest BCUT2D eigenvalue weighted by Gasteiger charge is 2.31. The van der Waals surface area contributed by atoms with Crippen LogP contribution in [0.15, 0.2) is 6.20 Å². The van der Waals surface area contributed by atoms with Gasteiger partial charge in [0.25, 0.3) is 0 Å². The van der Waals surface area contributed by atoms with Crippen molar-refractivity contribution in [2.24, 2.45) is 7.05 Å². The first-order chi connectivity index (χ1) is 7.40. The molecule has 0 saturated heterocycles. The molecule has 0 aliphatic heterocycles. The van der Waals surface area contributed by atoms with Gasteiger partial charge >= 0.3 is 6.18 Å². The van der Waals surface area contributed by atoms with Gasteiger partial charge < -0.3 is 5.32 Å². The maximum Gasteiger partial charge on any atom is 0.390 e. The van der Waals surface area contributed by atoms with Crippen LogP contribution < -0.4 is 5.32 Å². The average molecular weight is 236 g/mol. The van der Waals surface area contributed by atoms with Crippen LogP contribution in [0.5, 0.6) is 0 Å². The highest BCUT2D eigenvalue weighted by atomic mass is 19.4. The highest BCUT2D eigenvalue weighted by Crippen LogP contribution is 2.22. The largest absolute Gasteiger partial charge is 0.390 e. The third-order valence-electron chi connectivity index (χ3n) is 2.08. The van der Waals surface area contributed by atoms with Gasteiger partial charge in [0.15, 0.2) is 0 Å². The van der Waals surface area contributed by atoms with Crippen molar-refractivity contribution < 1.29 is 13.2 Å². The number of alkyl halides is 3. The van der Waals surface area contributed by atoms with Crippen LogP contribution in [0.2, 0.25) is 0 Å². The lowest BCUT2D eigenvalue weighted by Gasteiger charge is -2.18. The Hall–Kier alpha value is -1.11. The summed E-state index contributed by atoms with van der Waals surface area (Å²) in [6, 6.07) is -0.637. The normalized spacial score (nSPS) is 14.1. The number of aryl methyl sites for hydroxylation is 1. The van der Waals surface area contributed by atoms with Crippen LogP contribution in [0.4, 0.5) is 13.2 Å². The van der Waals surface area contributed by atoms with Crippen LogP contribution >= 0.6 is 0 Å². The predicted molar refractivity (Wildman–Crippen MR) is 52.8 cm³/mol. The van der Waals surface area contributed by atoms with Crippen molar-refractivity contribution in [1.29, 1.82) is 0 Å². The van der Waals surface area contributed by atoms with Crippen LogP contribution in [-0.4, -0.2) is 33.8 Å². The minimum Gasteiger partial charge on any atom is -0.314 e. The molecule has 0 radical (unpaired) electrons. The Morgan fingerprint density at radius 3 is 2.62 bits per heavy atom. The number of nitrogens with one attached hydrogen (secondary N) is 1. The zero-order chi connectivity index (χ0) is 12.2. The third kappa shape index (κ3) is 4.61. The number of halogens is 3. The molecule has 0 aliphatic carbocycles.